The lowest BCUT2D eigenvalue weighted by molar-refractivity contribution is 0.402. The number of benzene rings is 1. The Balaban J connectivity index is 1.84. The first kappa shape index (κ1) is 16.7. The summed E-state index contributed by atoms with van der Waals surface area (Å²) < 4.78 is 10.7. The molecule has 4 nitrogen and oxygen atoms in total. The zero-order valence-electron chi connectivity index (χ0n) is 14.3. The third-order valence-corrected chi connectivity index (χ3v) is 3.84. The number of pyridine rings is 1. The van der Waals surface area contributed by atoms with E-state index >= 15 is 0 Å². The Bertz CT molecular complexity index is 849. The number of hydrogen-bond acceptors (Lipinski definition) is 4. The third-order valence-electron chi connectivity index (χ3n) is 3.84. The van der Waals surface area contributed by atoms with E-state index < -0.39 is 0 Å². The first-order valence-electron chi connectivity index (χ1n) is 8.05. The topological polar surface area (TPSA) is 43.7 Å². The number of aromatic nitrogens is 1. The molecule has 0 unspecified atom stereocenters. The van der Waals surface area contributed by atoms with Crippen molar-refractivity contribution in [1.82, 2.24) is 4.98 Å². The van der Waals surface area contributed by atoms with Crippen LogP contribution in [0.2, 0.25) is 0 Å². The van der Waals surface area contributed by atoms with E-state index in [0.717, 1.165) is 40.5 Å². The fourth-order valence-corrected chi connectivity index (χ4v) is 2.50. The average molecular weight is 332 g/mol. The van der Waals surface area contributed by atoms with Gasteiger partial charge in [0.25, 0.3) is 0 Å². The largest absolute Gasteiger partial charge is 0.497 e. The Labute approximate surface area is 147 Å². The molecule has 0 N–H and O–H groups in total. The maximum Gasteiger partial charge on any atom is 0.126 e. The Morgan fingerprint density at radius 2 is 1.96 bits per heavy atom. The number of nitrogens with zero attached hydrogens (tertiary/aromatic N) is 2. The Morgan fingerprint density at radius 1 is 1.04 bits per heavy atom. The van der Waals surface area contributed by atoms with Crippen molar-refractivity contribution in [3.05, 3.63) is 83.9 Å². The Kier molecular flexibility index (Phi) is 5.42. The van der Waals surface area contributed by atoms with Gasteiger partial charge in [0.05, 0.1) is 25.6 Å². The molecule has 1 aliphatic heterocycles. The van der Waals surface area contributed by atoms with Gasteiger partial charge in [-0.15, -0.1) is 0 Å². The molecular weight excluding hydrogens is 312 g/mol. The minimum absolute atomic E-state index is 0.797. The molecule has 0 atom stereocenters. The molecule has 0 bridgehead atoms. The summed E-state index contributed by atoms with van der Waals surface area (Å²) in [6.45, 7) is 0. The van der Waals surface area contributed by atoms with Crippen molar-refractivity contribution in [3.63, 3.8) is 0 Å². The van der Waals surface area contributed by atoms with E-state index in [1.54, 1.807) is 20.4 Å². The van der Waals surface area contributed by atoms with Crippen LogP contribution in [-0.2, 0) is 0 Å². The van der Waals surface area contributed by atoms with Gasteiger partial charge in [-0.25, -0.2) is 0 Å². The van der Waals surface area contributed by atoms with Crippen LogP contribution in [0.1, 0.15) is 17.7 Å². The van der Waals surface area contributed by atoms with Crippen LogP contribution < -0.4 is 9.47 Å². The number of ether oxygens (including phenoxy) is 2. The maximum absolute atomic E-state index is 5.41. The van der Waals surface area contributed by atoms with E-state index in [2.05, 4.69) is 16.1 Å². The normalized spacial score (nSPS) is 14.0. The lowest BCUT2D eigenvalue weighted by Gasteiger charge is -2.07. The summed E-state index contributed by atoms with van der Waals surface area (Å²) in [4.78, 5) is 8.91. The van der Waals surface area contributed by atoms with Crippen molar-refractivity contribution in [2.45, 2.75) is 6.42 Å². The molecular formula is C21H20N2O2. The molecule has 1 aromatic carbocycles. The van der Waals surface area contributed by atoms with Crippen molar-refractivity contribution in [2.75, 3.05) is 14.2 Å². The van der Waals surface area contributed by atoms with E-state index in [-0.39, 0.29) is 0 Å². The minimum Gasteiger partial charge on any atom is -0.497 e. The van der Waals surface area contributed by atoms with Gasteiger partial charge in [-0.3, -0.25) is 9.98 Å². The molecule has 0 radical (unpaired) electrons. The smallest absolute Gasteiger partial charge is 0.126 e. The molecule has 1 aromatic heterocycles. The second-order valence-corrected chi connectivity index (χ2v) is 5.48. The number of aliphatic imine (C=N–C) groups is 1. The molecule has 0 spiro atoms. The fraction of sp³-hybridized carbons (Fsp3) is 0.143. The van der Waals surface area contributed by atoms with Crippen molar-refractivity contribution in [3.8, 4) is 11.5 Å². The highest BCUT2D eigenvalue weighted by atomic mass is 16.5. The molecule has 0 fully saturated rings. The zero-order valence-corrected chi connectivity index (χ0v) is 14.3. The molecule has 2 heterocycles. The van der Waals surface area contributed by atoms with E-state index in [1.807, 2.05) is 60.8 Å². The SMILES string of the molecule is COc1ccc(OC)c(/C=C\C2=CN=C(c3ccccn3)C=CC2)c1. The summed E-state index contributed by atoms with van der Waals surface area (Å²) in [5.74, 6) is 1.60. The molecule has 25 heavy (non-hydrogen) atoms. The molecule has 0 saturated heterocycles. The van der Waals surface area contributed by atoms with Crippen molar-refractivity contribution < 1.29 is 9.47 Å². The van der Waals surface area contributed by atoms with E-state index in [1.165, 1.54) is 0 Å². The summed E-state index contributed by atoms with van der Waals surface area (Å²) in [7, 11) is 3.32. The van der Waals surface area contributed by atoms with E-state index in [0.29, 0.717) is 0 Å². The van der Waals surface area contributed by atoms with Crippen molar-refractivity contribution >= 4 is 11.8 Å². The lowest BCUT2D eigenvalue weighted by atomic mass is 10.1. The first-order valence-corrected chi connectivity index (χ1v) is 8.05. The van der Waals surface area contributed by atoms with E-state index in [4.69, 9.17) is 9.47 Å². The van der Waals surface area contributed by atoms with Crippen LogP contribution in [0.4, 0.5) is 0 Å². The monoisotopic (exact) mass is 332 g/mol. The molecule has 126 valence electrons. The summed E-state index contributed by atoms with van der Waals surface area (Å²) in [5.41, 5.74) is 3.80. The van der Waals surface area contributed by atoms with Crippen molar-refractivity contribution in [2.24, 2.45) is 4.99 Å². The first-order chi connectivity index (χ1) is 12.3. The lowest BCUT2D eigenvalue weighted by Crippen LogP contribution is -1.98. The Hall–Kier alpha value is -3.14. The molecule has 0 amide bonds. The van der Waals surface area contributed by atoms with Gasteiger partial charge in [-0.05, 0) is 48.4 Å². The molecule has 0 saturated carbocycles. The highest BCUT2D eigenvalue weighted by molar-refractivity contribution is 6.07. The third kappa shape index (κ3) is 4.23. The number of methoxy groups -OCH3 is 2. The van der Waals surface area contributed by atoms with Crippen LogP contribution in [0.15, 0.2) is 77.6 Å². The van der Waals surface area contributed by atoms with Crippen LogP contribution in [0.25, 0.3) is 6.08 Å². The summed E-state index contributed by atoms with van der Waals surface area (Å²) >= 11 is 0. The summed E-state index contributed by atoms with van der Waals surface area (Å²) in [6, 6.07) is 11.5. The summed E-state index contributed by atoms with van der Waals surface area (Å²) in [6.07, 6.45) is 12.6. The van der Waals surface area contributed by atoms with Gasteiger partial charge in [0.15, 0.2) is 0 Å². The highest BCUT2D eigenvalue weighted by Crippen LogP contribution is 2.26. The molecule has 4 heteroatoms. The van der Waals surface area contributed by atoms with Crippen LogP contribution >= 0.6 is 0 Å². The fourth-order valence-electron chi connectivity index (χ4n) is 2.50. The van der Waals surface area contributed by atoms with Gasteiger partial charge >= 0.3 is 0 Å². The molecule has 0 aliphatic carbocycles. The van der Waals surface area contributed by atoms with Crippen LogP contribution in [0.5, 0.6) is 11.5 Å². The number of rotatable bonds is 5. The van der Waals surface area contributed by atoms with Crippen LogP contribution in [-0.4, -0.2) is 24.9 Å². The maximum atomic E-state index is 5.41. The van der Waals surface area contributed by atoms with Crippen LogP contribution in [0, 0.1) is 0 Å². The van der Waals surface area contributed by atoms with Gasteiger partial charge in [0.1, 0.15) is 11.5 Å². The van der Waals surface area contributed by atoms with Gasteiger partial charge in [0, 0.05) is 18.0 Å². The zero-order chi connectivity index (χ0) is 17.5. The predicted molar refractivity (Wildman–Crippen MR) is 101 cm³/mol. The van der Waals surface area contributed by atoms with Crippen LogP contribution in [0.3, 0.4) is 0 Å². The molecule has 1 aliphatic rings. The quantitative estimate of drug-likeness (QED) is 0.813. The summed E-state index contributed by atoms with van der Waals surface area (Å²) in [5, 5.41) is 0. The van der Waals surface area contributed by atoms with Gasteiger partial charge in [-0.1, -0.05) is 24.3 Å². The van der Waals surface area contributed by atoms with Gasteiger partial charge in [-0.2, -0.15) is 0 Å². The molecule has 3 rings (SSSR count). The molecule has 2 aromatic rings. The highest BCUT2D eigenvalue weighted by Gasteiger charge is 2.04. The standard InChI is InChI=1S/C21H20N2O2/c1-24-18-11-12-21(25-2)17(14-18)10-9-16-6-5-8-20(23-15-16)19-7-3-4-13-22-19/h3-5,7-15H,6H2,1-2H3/b10-9-. The van der Waals surface area contributed by atoms with E-state index in [9.17, 15) is 0 Å². The van der Waals surface area contributed by atoms with Crippen molar-refractivity contribution in [1.29, 1.82) is 0 Å². The van der Waals surface area contributed by atoms with Gasteiger partial charge < -0.3 is 9.47 Å². The predicted octanol–water partition coefficient (Wildman–Crippen LogP) is 4.45. The number of hydrogen-bond donors (Lipinski definition) is 0. The second-order valence-electron chi connectivity index (χ2n) is 5.48. The Morgan fingerprint density at radius 3 is 2.72 bits per heavy atom. The number of allylic oxidation sites excluding steroid dienone is 4. The average Bonchev–Trinajstić information content (AvgIpc) is 2.92. The van der Waals surface area contributed by atoms with Gasteiger partial charge in [0.2, 0.25) is 0 Å². The minimum atomic E-state index is 0.797. The second kappa shape index (κ2) is 8.11.